The summed E-state index contributed by atoms with van der Waals surface area (Å²) in [5.74, 6) is 0.370. The van der Waals surface area contributed by atoms with Crippen molar-refractivity contribution < 1.29 is 8.42 Å². The van der Waals surface area contributed by atoms with E-state index in [0.29, 0.717) is 5.82 Å². The molecule has 10 heteroatoms. The third-order valence-corrected chi connectivity index (χ3v) is 3.70. The number of nitrogens with zero attached hydrogens (tertiary/aromatic N) is 2. The van der Waals surface area contributed by atoms with Crippen molar-refractivity contribution in [1.29, 1.82) is 0 Å². The average molecular weight is 290 g/mol. The Balaban J connectivity index is 2.20. The average Bonchev–Trinajstić information content (AvgIpc) is 2.83. The highest BCUT2D eigenvalue weighted by molar-refractivity contribution is 7.89. The highest BCUT2D eigenvalue weighted by atomic mass is 35.5. The van der Waals surface area contributed by atoms with Crippen LogP contribution in [-0.4, -0.2) is 28.6 Å². The van der Waals surface area contributed by atoms with Crippen molar-refractivity contribution in [1.82, 2.24) is 24.9 Å². The van der Waals surface area contributed by atoms with Gasteiger partial charge in [0, 0.05) is 6.20 Å². The maximum Gasteiger partial charge on any atom is 0.266 e. The van der Waals surface area contributed by atoms with Crippen LogP contribution in [-0.2, 0) is 16.6 Å². The molecule has 2 heterocycles. The SMILES string of the molecule is O=c1[nH]cc(S(=O)(=O)NCc2ncn[nH]2)cc1Cl. The molecule has 0 aliphatic heterocycles. The Hall–Kier alpha value is -1.71. The van der Waals surface area contributed by atoms with Gasteiger partial charge in [-0.3, -0.25) is 9.89 Å². The summed E-state index contributed by atoms with van der Waals surface area (Å²) in [6, 6.07) is 1.07. The topological polar surface area (TPSA) is 121 Å². The van der Waals surface area contributed by atoms with E-state index in [1.165, 1.54) is 6.33 Å². The Morgan fingerprint density at radius 3 is 2.83 bits per heavy atom. The molecule has 0 atom stereocenters. The third kappa shape index (κ3) is 2.75. The van der Waals surface area contributed by atoms with Crippen LogP contribution in [0.4, 0.5) is 0 Å². The van der Waals surface area contributed by atoms with Gasteiger partial charge in [0.1, 0.15) is 17.2 Å². The minimum absolute atomic E-state index is 0.0426. The van der Waals surface area contributed by atoms with Crippen LogP contribution in [0.3, 0.4) is 0 Å². The van der Waals surface area contributed by atoms with E-state index in [4.69, 9.17) is 11.6 Å². The predicted molar refractivity (Wildman–Crippen MR) is 62.5 cm³/mol. The summed E-state index contributed by atoms with van der Waals surface area (Å²) in [5.41, 5.74) is -0.550. The molecule has 0 bridgehead atoms. The molecule has 2 aromatic heterocycles. The van der Waals surface area contributed by atoms with E-state index < -0.39 is 15.6 Å². The number of hydrogen-bond donors (Lipinski definition) is 3. The zero-order valence-corrected chi connectivity index (χ0v) is 10.4. The summed E-state index contributed by atoms with van der Waals surface area (Å²) in [7, 11) is -3.77. The maximum absolute atomic E-state index is 11.8. The minimum atomic E-state index is -3.77. The minimum Gasteiger partial charge on any atom is -0.326 e. The second kappa shape index (κ2) is 4.88. The molecule has 0 saturated heterocycles. The fraction of sp³-hybridized carbons (Fsp3) is 0.125. The van der Waals surface area contributed by atoms with Gasteiger partial charge < -0.3 is 4.98 Å². The van der Waals surface area contributed by atoms with Crippen molar-refractivity contribution in [3.63, 3.8) is 0 Å². The zero-order chi connectivity index (χ0) is 13.2. The third-order valence-electron chi connectivity index (χ3n) is 2.04. The molecule has 0 saturated carbocycles. The Labute approximate surface area is 106 Å². The second-order valence-corrected chi connectivity index (χ2v) is 5.44. The standard InChI is InChI=1S/C8H8ClN5O3S/c9-6-1-5(2-10-8(6)15)18(16,17)13-3-7-11-4-12-14-7/h1-2,4,13H,3H2,(H,10,15)(H,11,12,14). The maximum atomic E-state index is 11.8. The smallest absolute Gasteiger partial charge is 0.266 e. The lowest BCUT2D eigenvalue weighted by atomic mass is 10.5. The van der Waals surface area contributed by atoms with Gasteiger partial charge in [-0.1, -0.05) is 11.6 Å². The van der Waals surface area contributed by atoms with E-state index in [1.807, 2.05) is 0 Å². The molecule has 18 heavy (non-hydrogen) atoms. The zero-order valence-electron chi connectivity index (χ0n) is 8.84. The van der Waals surface area contributed by atoms with Gasteiger partial charge in [-0.25, -0.2) is 18.1 Å². The summed E-state index contributed by atoms with van der Waals surface area (Å²) >= 11 is 5.56. The van der Waals surface area contributed by atoms with E-state index in [2.05, 4.69) is 24.9 Å². The number of nitrogens with one attached hydrogen (secondary N) is 3. The summed E-state index contributed by atoms with van der Waals surface area (Å²) in [6.45, 7) is -0.0426. The normalized spacial score (nSPS) is 11.6. The van der Waals surface area contributed by atoms with Gasteiger partial charge in [0.25, 0.3) is 5.56 Å². The van der Waals surface area contributed by atoms with Crippen molar-refractivity contribution >= 4 is 21.6 Å². The van der Waals surface area contributed by atoms with Gasteiger partial charge in [0.15, 0.2) is 0 Å². The molecular weight excluding hydrogens is 282 g/mol. The van der Waals surface area contributed by atoms with E-state index in [1.54, 1.807) is 0 Å². The summed E-state index contributed by atoms with van der Waals surface area (Å²) in [5, 5.41) is 5.89. The molecule has 8 nitrogen and oxygen atoms in total. The first-order valence-corrected chi connectivity index (χ1v) is 6.57. The van der Waals surface area contributed by atoms with Gasteiger partial charge in [-0.2, -0.15) is 5.10 Å². The number of aromatic nitrogens is 4. The highest BCUT2D eigenvalue weighted by Crippen LogP contribution is 2.10. The summed E-state index contributed by atoms with van der Waals surface area (Å²) in [6.07, 6.45) is 2.33. The fourth-order valence-corrected chi connectivity index (χ4v) is 2.37. The van der Waals surface area contributed by atoms with Gasteiger partial charge in [0.2, 0.25) is 10.0 Å². The fourth-order valence-electron chi connectivity index (χ4n) is 1.16. The van der Waals surface area contributed by atoms with E-state index >= 15 is 0 Å². The first-order valence-electron chi connectivity index (χ1n) is 4.71. The van der Waals surface area contributed by atoms with Crippen LogP contribution < -0.4 is 10.3 Å². The van der Waals surface area contributed by atoms with Crippen LogP contribution in [0, 0.1) is 0 Å². The Bertz CT molecular complexity index is 694. The van der Waals surface area contributed by atoms with Gasteiger partial charge in [0.05, 0.1) is 11.4 Å². The van der Waals surface area contributed by atoms with E-state index in [0.717, 1.165) is 12.3 Å². The molecule has 0 radical (unpaired) electrons. The lowest BCUT2D eigenvalue weighted by Gasteiger charge is -2.04. The Morgan fingerprint density at radius 2 is 2.22 bits per heavy atom. The van der Waals surface area contributed by atoms with Gasteiger partial charge in [-0.05, 0) is 6.07 Å². The number of halogens is 1. The first kappa shape index (κ1) is 12.7. The number of aromatic amines is 2. The molecule has 3 N–H and O–H groups in total. The van der Waals surface area contributed by atoms with E-state index in [-0.39, 0.29) is 16.5 Å². The lowest BCUT2D eigenvalue weighted by molar-refractivity contribution is 0.579. The molecule has 0 fully saturated rings. The molecule has 0 amide bonds. The highest BCUT2D eigenvalue weighted by Gasteiger charge is 2.15. The van der Waals surface area contributed by atoms with Gasteiger partial charge >= 0.3 is 0 Å². The molecule has 2 rings (SSSR count). The number of pyridine rings is 1. The van der Waals surface area contributed by atoms with Crippen LogP contribution in [0.5, 0.6) is 0 Å². The molecule has 0 unspecified atom stereocenters. The van der Waals surface area contributed by atoms with Crippen LogP contribution in [0.15, 0.2) is 28.3 Å². The van der Waals surface area contributed by atoms with Crippen LogP contribution in [0.1, 0.15) is 5.82 Å². The molecule has 0 aliphatic rings. The number of hydrogen-bond acceptors (Lipinski definition) is 5. The van der Waals surface area contributed by atoms with Crippen molar-refractivity contribution in [2.75, 3.05) is 0 Å². The predicted octanol–water partition coefficient (Wildman–Crippen LogP) is -0.375. The molecule has 96 valence electrons. The molecule has 2 aromatic rings. The van der Waals surface area contributed by atoms with E-state index in [9.17, 15) is 13.2 Å². The number of rotatable bonds is 4. The van der Waals surface area contributed by atoms with Crippen molar-refractivity contribution in [3.05, 3.63) is 39.8 Å². The molecule has 0 aliphatic carbocycles. The lowest BCUT2D eigenvalue weighted by Crippen LogP contribution is -2.24. The Morgan fingerprint density at radius 1 is 1.44 bits per heavy atom. The van der Waals surface area contributed by atoms with Crippen LogP contribution in [0.2, 0.25) is 5.02 Å². The number of sulfonamides is 1. The van der Waals surface area contributed by atoms with Gasteiger partial charge in [-0.15, -0.1) is 0 Å². The van der Waals surface area contributed by atoms with Crippen molar-refractivity contribution in [3.8, 4) is 0 Å². The molecular formula is C8H8ClN5O3S. The second-order valence-electron chi connectivity index (χ2n) is 3.27. The monoisotopic (exact) mass is 289 g/mol. The summed E-state index contributed by atoms with van der Waals surface area (Å²) in [4.78, 5) is 16.9. The quantitative estimate of drug-likeness (QED) is 0.709. The number of H-pyrrole nitrogens is 2. The largest absolute Gasteiger partial charge is 0.326 e. The van der Waals surface area contributed by atoms with Crippen LogP contribution in [0.25, 0.3) is 0 Å². The summed E-state index contributed by atoms with van der Waals surface area (Å²) < 4.78 is 26.0. The van der Waals surface area contributed by atoms with Crippen LogP contribution >= 0.6 is 11.6 Å². The van der Waals surface area contributed by atoms with Crippen molar-refractivity contribution in [2.45, 2.75) is 11.4 Å². The molecule has 0 spiro atoms. The Kier molecular flexibility index (Phi) is 3.45. The first-order chi connectivity index (χ1) is 8.49. The van der Waals surface area contributed by atoms with Crippen molar-refractivity contribution in [2.24, 2.45) is 0 Å². The molecule has 0 aromatic carbocycles.